The number of H-pyrrole nitrogens is 1. The van der Waals surface area contributed by atoms with Crippen molar-refractivity contribution in [2.45, 2.75) is 68.9 Å². The molecule has 2 aromatic heterocycles. The van der Waals surface area contributed by atoms with E-state index in [1.54, 1.807) is 6.20 Å². The molecule has 0 radical (unpaired) electrons. The molecule has 9 nitrogen and oxygen atoms in total. The maximum absolute atomic E-state index is 13.2. The van der Waals surface area contributed by atoms with E-state index < -0.39 is 0 Å². The zero-order valence-electron chi connectivity index (χ0n) is 15.8. The largest absolute Gasteiger partial charge is 0.342 e. The van der Waals surface area contributed by atoms with Crippen molar-refractivity contribution in [1.82, 2.24) is 30.5 Å². The molecule has 0 aromatic carbocycles. The first kappa shape index (κ1) is 16.5. The summed E-state index contributed by atoms with van der Waals surface area (Å²) in [6, 6.07) is 1.36. The van der Waals surface area contributed by atoms with E-state index in [1.165, 1.54) is 12.8 Å². The van der Waals surface area contributed by atoms with Crippen LogP contribution in [0.5, 0.6) is 0 Å². The van der Waals surface area contributed by atoms with Crippen molar-refractivity contribution in [2.75, 3.05) is 18.0 Å². The highest BCUT2D eigenvalue weighted by Crippen LogP contribution is 2.44. The highest BCUT2D eigenvalue weighted by molar-refractivity contribution is 5.80. The van der Waals surface area contributed by atoms with Crippen molar-refractivity contribution >= 4 is 11.9 Å². The molecule has 9 heteroatoms. The lowest BCUT2D eigenvalue weighted by Crippen LogP contribution is -2.47. The van der Waals surface area contributed by atoms with Crippen LogP contribution in [0.4, 0.5) is 6.01 Å². The van der Waals surface area contributed by atoms with E-state index in [9.17, 15) is 4.79 Å². The number of piperidine rings is 1. The summed E-state index contributed by atoms with van der Waals surface area (Å²) in [6.45, 7) is 1.58. The van der Waals surface area contributed by atoms with Gasteiger partial charge in [-0.25, -0.2) is 0 Å². The van der Waals surface area contributed by atoms with E-state index in [1.807, 2.05) is 4.90 Å². The van der Waals surface area contributed by atoms with Gasteiger partial charge in [0, 0.05) is 42.9 Å². The van der Waals surface area contributed by atoms with Crippen molar-refractivity contribution in [1.29, 1.82) is 0 Å². The minimum absolute atomic E-state index is 0.107. The number of anilines is 1. The number of rotatable bonds is 4. The Hall–Kier alpha value is -2.45. The van der Waals surface area contributed by atoms with E-state index in [2.05, 4.69) is 30.5 Å². The minimum Gasteiger partial charge on any atom is -0.342 e. The summed E-state index contributed by atoms with van der Waals surface area (Å²) < 4.78 is 5.59. The van der Waals surface area contributed by atoms with Crippen LogP contribution in [0.15, 0.2) is 10.7 Å². The van der Waals surface area contributed by atoms with Crippen LogP contribution >= 0.6 is 0 Å². The van der Waals surface area contributed by atoms with Crippen LogP contribution in [0.3, 0.4) is 0 Å². The Balaban J connectivity index is 1.13. The molecule has 2 aromatic rings. The number of hydrogen-bond donors (Lipinski definition) is 1. The monoisotopic (exact) mass is 383 g/mol. The lowest BCUT2D eigenvalue weighted by molar-refractivity contribution is -0.135. The number of aromatic amines is 1. The third kappa shape index (κ3) is 2.70. The van der Waals surface area contributed by atoms with E-state index in [0.717, 1.165) is 56.7 Å². The second-order valence-corrected chi connectivity index (χ2v) is 8.83. The van der Waals surface area contributed by atoms with Crippen molar-refractivity contribution < 1.29 is 9.32 Å². The molecule has 28 heavy (non-hydrogen) atoms. The van der Waals surface area contributed by atoms with Gasteiger partial charge in [-0.15, -0.1) is 0 Å². The van der Waals surface area contributed by atoms with E-state index in [0.29, 0.717) is 35.8 Å². The van der Waals surface area contributed by atoms with Gasteiger partial charge < -0.3 is 14.3 Å². The number of likely N-dealkylation sites (tertiary alicyclic amines) is 1. The smallest absolute Gasteiger partial charge is 0.324 e. The molecular weight excluding hydrogens is 358 g/mol. The third-order valence-corrected chi connectivity index (χ3v) is 7.03. The first-order valence-corrected chi connectivity index (χ1v) is 10.5. The van der Waals surface area contributed by atoms with Gasteiger partial charge in [0.15, 0.2) is 5.82 Å². The first-order valence-electron chi connectivity index (χ1n) is 10.5. The van der Waals surface area contributed by atoms with Crippen molar-refractivity contribution in [3.8, 4) is 0 Å². The summed E-state index contributed by atoms with van der Waals surface area (Å²) in [6.07, 6.45) is 9.09. The van der Waals surface area contributed by atoms with Gasteiger partial charge in [-0.3, -0.25) is 4.79 Å². The molecule has 1 aliphatic carbocycles. The maximum atomic E-state index is 13.2. The van der Waals surface area contributed by atoms with Gasteiger partial charge in [-0.2, -0.15) is 20.4 Å². The van der Waals surface area contributed by atoms with Gasteiger partial charge in [0.2, 0.25) is 5.91 Å². The molecule has 4 fully saturated rings. The molecule has 5 heterocycles. The predicted octanol–water partition coefficient (Wildman–Crippen LogP) is 1.83. The van der Waals surface area contributed by atoms with Gasteiger partial charge in [0.25, 0.3) is 0 Å². The Morgan fingerprint density at radius 3 is 2.64 bits per heavy atom. The molecule has 0 spiro atoms. The quantitative estimate of drug-likeness (QED) is 0.859. The maximum Gasteiger partial charge on any atom is 0.324 e. The lowest BCUT2D eigenvalue weighted by atomic mass is 9.89. The summed E-state index contributed by atoms with van der Waals surface area (Å²) in [5, 5.41) is 15.0. The summed E-state index contributed by atoms with van der Waals surface area (Å²) in [5.41, 5.74) is 0.966. The molecule has 1 amide bonds. The fraction of sp³-hybridized carbons (Fsp3) is 0.737. The Bertz CT molecular complexity index is 848. The van der Waals surface area contributed by atoms with Crippen molar-refractivity contribution in [2.24, 2.45) is 5.92 Å². The van der Waals surface area contributed by atoms with Crippen molar-refractivity contribution in [3.63, 3.8) is 0 Å². The molecule has 6 rings (SSSR count). The zero-order chi connectivity index (χ0) is 18.7. The van der Waals surface area contributed by atoms with Crippen LogP contribution in [-0.4, -0.2) is 61.5 Å². The van der Waals surface area contributed by atoms with Crippen LogP contribution in [0.25, 0.3) is 0 Å². The average Bonchev–Trinajstić information content (AvgIpc) is 3.15. The van der Waals surface area contributed by atoms with Crippen LogP contribution in [0.1, 0.15) is 68.3 Å². The number of fused-ring (bicyclic) bond motifs is 2. The molecule has 3 aliphatic heterocycles. The van der Waals surface area contributed by atoms with Gasteiger partial charge in [0.05, 0.1) is 11.9 Å². The summed E-state index contributed by atoms with van der Waals surface area (Å²) in [4.78, 5) is 22.2. The van der Waals surface area contributed by atoms with Gasteiger partial charge in [-0.1, -0.05) is 5.16 Å². The average molecular weight is 383 g/mol. The van der Waals surface area contributed by atoms with Gasteiger partial charge in [-0.05, 0) is 44.9 Å². The molecule has 1 N–H and O–H groups in total. The van der Waals surface area contributed by atoms with E-state index in [4.69, 9.17) is 4.52 Å². The highest BCUT2D eigenvalue weighted by atomic mass is 16.5. The molecule has 2 bridgehead atoms. The number of hydrogen-bond acceptors (Lipinski definition) is 7. The molecule has 3 saturated heterocycles. The summed E-state index contributed by atoms with van der Waals surface area (Å²) >= 11 is 0. The third-order valence-electron chi connectivity index (χ3n) is 7.03. The first-order chi connectivity index (χ1) is 13.8. The van der Waals surface area contributed by atoms with Gasteiger partial charge in [0.1, 0.15) is 0 Å². The number of carbonyl (C=O) groups is 1. The Morgan fingerprint density at radius 2 is 1.93 bits per heavy atom. The van der Waals surface area contributed by atoms with Crippen molar-refractivity contribution in [3.05, 3.63) is 17.7 Å². The molecule has 2 unspecified atom stereocenters. The number of nitrogens with one attached hydrogen (secondary N) is 1. The highest BCUT2D eigenvalue weighted by Gasteiger charge is 2.47. The molecule has 1 saturated carbocycles. The normalized spacial score (nSPS) is 32.3. The number of nitrogens with zero attached hydrogens (tertiary/aromatic N) is 6. The van der Waals surface area contributed by atoms with Crippen LogP contribution < -0.4 is 4.90 Å². The van der Waals surface area contributed by atoms with E-state index in [-0.39, 0.29) is 5.92 Å². The number of amides is 1. The predicted molar refractivity (Wildman–Crippen MR) is 98.6 cm³/mol. The lowest BCUT2D eigenvalue weighted by Gasteiger charge is -2.38. The fourth-order valence-electron chi connectivity index (χ4n) is 5.40. The fourth-order valence-corrected chi connectivity index (χ4v) is 5.40. The second kappa shape index (κ2) is 6.28. The van der Waals surface area contributed by atoms with Crippen LogP contribution in [0.2, 0.25) is 0 Å². The number of carbonyl (C=O) groups excluding carboxylic acids is 1. The SMILES string of the molecule is O=C(C1CC2CCC(C1)N2c1nc(C2CC2)no1)N1CC[C@H](c2cn[nH]n2)C1. The van der Waals surface area contributed by atoms with Gasteiger partial charge >= 0.3 is 6.01 Å². The molecular formula is C19H25N7O2. The van der Waals surface area contributed by atoms with Crippen LogP contribution in [0, 0.1) is 5.92 Å². The minimum atomic E-state index is 0.107. The topological polar surface area (TPSA) is 104 Å². The standard InChI is InChI=1S/C19H25N7O2/c27-18(25-6-5-12(10-25)16-9-20-24-22-16)13-7-14-3-4-15(8-13)26(14)19-21-17(23-28-19)11-1-2-11/h9,11-15H,1-8,10H2,(H,20,22,24)/t12-,13?,14?,15?/m0/s1. The van der Waals surface area contributed by atoms with E-state index >= 15 is 0 Å². The molecule has 148 valence electrons. The summed E-state index contributed by atoms with van der Waals surface area (Å²) in [5.74, 6) is 2.09. The summed E-state index contributed by atoms with van der Waals surface area (Å²) in [7, 11) is 0. The Labute approximate surface area is 162 Å². The second-order valence-electron chi connectivity index (χ2n) is 8.83. The molecule has 4 aliphatic rings. The Morgan fingerprint density at radius 1 is 1.11 bits per heavy atom. The zero-order valence-corrected chi connectivity index (χ0v) is 15.8. The molecule has 3 atom stereocenters. The number of aromatic nitrogens is 5. The van der Waals surface area contributed by atoms with Crippen LogP contribution in [-0.2, 0) is 4.79 Å². The Kier molecular flexibility index (Phi) is 3.70.